The summed E-state index contributed by atoms with van der Waals surface area (Å²) >= 11 is 0. The molecule has 3 rings (SSSR count). The smallest absolute Gasteiger partial charge is 0.325 e. The molecular formula is C15H18N6O. The van der Waals surface area contributed by atoms with Gasteiger partial charge in [-0.2, -0.15) is 5.26 Å². The Balaban J connectivity index is 1.55. The minimum Gasteiger partial charge on any atom is -0.353 e. The lowest BCUT2D eigenvalue weighted by Crippen LogP contribution is -2.48. The third kappa shape index (κ3) is 3.02. The SMILES string of the molecule is N#Cc1cccnc1N1CCN(CCn2cc[nH]c2=O)CC1. The molecule has 0 spiro atoms. The second-order valence-corrected chi connectivity index (χ2v) is 5.27. The van der Waals surface area contributed by atoms with Gasteiger partial charge in [-0.25, -0.2) is 9.78 Å². The summed E-state index contributed by atoms with van der Waals surface area (Å²) in [5.74, 6) is 0.770. The van der Waals surface area contributed by atoms with E-state index in [4.69, 9.17) is 5.26 Å². The fraction of sp³-hybridized carbons (Fsp3) is 0.400. The summed E-state index contributed by atoms with van der Waals surface area (Å²) in [5.41, 5.74) is 0.556. The van der Waals surface area contributed by atoms with E-state index in [0.29, 0.717) is 12.1 Å². The van der Waals surface area contributed by atoms with E-state index in [1.54, 1.807) is 35.3 Å². The molecule has 1 fully saturated rings. The molecule has 0 radical (unpaired) electrons. The van der Waals surface area contributed by atoms with Crippen molar-refractivity contribution in [1.29, 1.82) is 5.26 Å². The molecule has 7 heteroatoms. The van der Waals surface area contributed by atoms with Crippen LogP contribution in [0.1, 0.15) is 5.56 Å². The average molecular weight is 298 g/mol. The number of nitriles is 1. The summed E-state index contributed by atoms with van der Waals surface area (Å²) in [6.07, 6.45) is 5.15. The van der Waals surface area contributed by atoms with Gasteiger partial charge in [0.05, 0.1) is 5.56 Å². The molecule has 2 aromatic rings. The second-order valence-electron chi connectivity index (χ2n) is 5.27. The maximum absolute atomic E-state index is 11.4. The molecule has 1 saturated heterocycles. The first-order valence-electron chi connectivity index (χ1n) is 7.34. The molecule has 0 unspecified atom stereocenters. The third-order valence-electron chi connectivity index (χ3n) is 3.96. The van der Waals surface area contributed by atoms with Gasteiger partial charge in [0.2, 0.25) is 0 Å². The molecular weight excluding hydrogens is 280 g/mol. The van der Waals surface area contributed by atoms with Crippen LogP contribution in [0.5, 0.6) is 0 Å². The zero-order valence-electron chi connectivity index (χ0n) is 12.3. The number of rotatable bonds is 4. The van der Waals surface area contributed by atoms with Gasteiger partial charge in [-0.15, -0.1) is 0 Å². The van der Waals surface area contributed by atoms with Gasteiger partial charge in [0.15, 0.2) is 0 Å². The van der Waals surface area contributed by atoms with Crippen LogP contribution in [0.25, 0.3) is 0 Å². The van der Waals surface area contributed by atoms with Gasteiger partial charge >= 0.3 is 5.69 Å². The number of pyridine rings is 1. The summed E-state index contributed by atoms with van der Waals surface area (Å²) < 4.78 is 1.68. The number of nitrogens with one attached hydrogen (secondary N) is 1. The fourth-order valence-electron chi connectivity index (χ4n) is 2.69. The highest BCUT2D eigenvalue weighted by molar-refractivity contribution is 5.53. The third-order valence-corrected chi connectivity index (χ3v) is 3.96. The first-order chi connectivity index (χ1) is 10.8. The van der Waals surface area contributed by atoms with E-state index >= 15 is 0 Å². The van der Waals surface area contributed by atoms with Crippen molar-refractivity contribution in [2.24, 2.45) is 0 Å². The molecule has 0 aromatic carbocycles. The molecule has 0 amide bonds. The number of hydrogen-bond donors (Lipinski definition) is 1. The van der Waals surface area contributed by atoms with Gasteiger partial charge < -0.3 is 9.88 Å². The zero-order chi connectivity index (χ0) is 15.4. The van der Waals surface area contributed by atoms with Gasteiger partial charge in [-0.3, -0.25) is 9.47 Å². The van der Waals surface area contributed by atoms with E-state index in [-0.39, 0.29) is 5.69 Å². The number of hydrogen-bond acceptors (Lipinski definition) is 5. The second kappa shape index (κ2) is 6.45. The number of aromatic nitrogens is 3. The van der Waals surface area contributed by atoms with Gasteiger partial charge in [-0.05, 0) is 12.1 Å². The minimum absolute atomic E-state index is 0.0641. The highest BCUT2D eigenvalue weighted by Gasteiger charge is 2.19. The van der Waals surface area contributed by atoms with Crippen molar-refractivity contribution in [3.63, 3.8) is 0 Å². The number of aromatic amines is 1. The quantitative estimate of drug-likeness (QED) is 0.876. The summed E-state index contributed by atoms with van der Waals surface area (Å²) in [7, 11) is 0. The maximum Gasteiger partial charge on any atom is 0.325 e. The van der Waals surface area contributed by atoms with Crippen molar-refractivity contribution < 1.29 is 0 Å². The van der Waals surface area contributed by atoms with E-state index < -0.39 is 0 Å². The lowest BCUT2D eigenvalue weighted by molar-refractivity contribution is 0.246. The van der Waals surface area contributed by atoms with E-state index in [9.17, 15) is 4.79 Å². The Morgan fingerprint density at radius 2 is 2.09 bits per heavy atom. The lowest BCUT2D eigenvalue weighted by Gasteiger charge is -2.35. The molecule has 0 saturated carbocycles. The van der Waals surface area contributed by atoms with Gasteiger partial charge in [0, 0.05) is 57.9 Å². The number of H-pyrrole nitrogens is 1. The standard InChI is InChI=1S/C15H18N6O/c16-12-13-2-1-3-17-14(13)20-9-6-19(7-10-20)8-11-21-5-4-18-15(21)22/h1-5H,6-11H2,(H,18,22). The predicted octanol–water partition coefficient (Wildman–Crippen LogP) is 0.265. The number of imidazole rings is 1. The summed E-state index contributed by atoms with van der Waals surface area (Å²) in [6, 6.07) is 5.78. The van der Waals surface area contributed by atoms with Crippen molar-refractivity contribution in [3.8, 4) is 6.07 Å². The van der Waals surface area contributed by atoms with Gasteiger partial charge in [0.1, 0.15) is 11.9 Å². The monoisotopic (exact) mass is 298 g/mol. The molecule has 0 atom stereocenters. The van der Waals surface area contributed by atoms with E-state index in [0.717, 1.165) is 38.5 Å². The van der Waals surface area contributed by atoms with E-state index in [2.05, 4.69) is 25.8 Å². The van der Waals surface area contributed by atoms with E-state index in [1.807, 2.05) is 0 Å². The van der Waals surface area contributed by atoms with E-state index in [1.165, 1.54) is 0 Å². The lowest BCUT2D eigenvalue weighted by atomic mass is 10.2. The first-order valence-corrected chi connectivity index (χ1v) is 7.34. The number of piperazine rings is 1. The molecule has 22 heavy (non-hydrogen) atoms. The fourth-order valence-corrected chi connectivity index (χ4v) is 2.69. The molecule has 1 N–H and O–H groups in total. The van der Waals surface area contributed by atoms with Crippen molar-refractivity contribution in [2.75, 3.05) is 37.6 Å². The molecule has 1 aliphatic rings. The molecule has 7 nitrogen and oxygen atoms in total. The van der Waals surface area contributed by atoms with Crippen LogP contribution in [-0.4, -0.2) is 52.2 Å². The van der Waals surface area contributed by atoms with Crippen LogP contribution >= 0.6 is 0 Å². The maximum atomic E-state index is 11.4. The Bertz CT molecular complexity index is 720. The number of anilines is 1. The van der Waals surface area contributed by atoms with Crippen LogP contribution < -0.4 is 10.6 Å². The molecule has 1 aliphatic heterocycles. The van der Waals surface area contributed by atoms with Crippen molar-refractivity contribution >= 4 is 5.82 Å². The molecule has 0 aliphatic carbocycles. The Kier molecular flexibility index (Phi) is 4.21. The average Bonchev–Trinajstić information content (AvgIpc) is 2.98. The van der Waals surface area contributed by atoms with Crippen LogP contribution in [-0.2, 0) is 6.54 Å². The summed E-state index contributed by atoms with van der Waals surface area (Å²) in [4.78, 5) is 22.9. The Morgan fingerprint density at radius 3 is 2.77 bits per heavy atom. The predicted molar refractivity (Wildman–Crippen MR) is 82.7 cm³/mol. The first kappa shape index (κ1) is 14.4. The molecule has 3 heterocycles. The molecule has 2 aromatic heterocycles. The Hall–Kier alpha value is -2.59. The highest BCUT2D eigenvalue weighted by Crippen LogP contribution is 2.17. The van der Waals surface area contributed by atoms with Crippen LogP contribution in [0.2, 0.25) is 0 Å². The van der Waals surface area contributed by atoms with Crippen molar-refractivity contribution in [3.05, 3.63) is 46.8 Å². The largest absolute Gasteiger partial charge is 0.353 e. The normalized spacial score (nSPS) is 15.7. The van der Waals surface area contributed by atoms with Gasteiger partial charge in [0.25, 0.3) is 0 Å². The molecule has 0 bridgehead atoms. The van der Waals surface area contributed by atoms with Crippen molar-refractivity contribution in [1.82, 2.24) is 19.4 Å². The van der Waals surface area contributed by atoms with Crippen LogP contribution in [0.4, 0.5) is 5.82 Å². The highest BCUT2D eigenvalue weighted by atomic mass is 16.1. The Morgan fingerprint density at radius 1 is 1.27 bits per heavy atom. The topological polar surface area (TPSA) is 81.0 Å². The number of nitrogens with zero attached hydrogens (tertiary/aromatic N) is 5. The Labute approximate surface area is 128 Å². The minimum atomic E-state index is -0.0641. The summed E-state index contributed by atoms with van der Waals surface area (Å²) in [6.45, 7) is 5.02. The van der Waals surface area contributed by atoms with Crippen molar-refractivity contribution in [2.45, 2.75) is 6.54 Å². The van der Waals surface area contributed by atoms with Crippen LogP contribution in [0.3, 0.4) is 0 Å². The van der Waals surface area contributed by atoms with Gasteiger partial charge in [-0.1, -0.05) is 0 Å². The zero-order valence-corrected chi connectivity index (χ0v) is 12.3. The van der Waals surface area contributed by atoms with Crippen LogP contribution in [0, 0.1) is 11.3 Å². The molecule has 114 valence electrons. The summed E-state index contributed by atoms with van der Waals surface area (Å²) in [5, 5.41) is 9.15. The van der Waals surface area contributed by atoms with Crippen LogP contribution in [0.15, 0.2) is 35.5 Å².